The van der Waals surface area contributed by atoms with Gasteiger partial charge in [-0.2, -0.15) is 5.26 Å². The topological polar surface area (TPSA) is 117 Å². The zero-order valence-corrected chi connectivity index (χ0v) is 19.7. The number of aromatic nitrogens is 2. The zero-order chi connectivity index (χ0) is 26.5. The second-order valence-corrected chi connectivity index (χ2v) is 8.51. The van der Waals surface area contributed by atoms with Crippen molar-refractivity contribution in [2.75, 3.05) is 12.4 Å². The second kappa shape index (κ2) is 10.5. The van der Waals surface area contributed by atoms with Crippen molar-refractivity contribution in [3.8, 4) is 28.7 Å². The highest BCUT2D eigenvalue weighted by molar-refractivity contribution is 5.73. The summed E-state index contributed by atoms with van der Waals surface area (Å²) < 4.78 is 46.6. The van der Waals surface area contributed by atoms with Gasteiger partial charge in [0.2, 0.25) is 5.95 Å². The summed E-state index contributed by atoms with van der Waals surface area (Å²) in [4.78, 5) is 19.9. The Morgan fingerprint density at radius 1 is 1.14 bits per heavy atom. The Labute approximate surface area is 205 Å². The van der Waals surface area contributed by atoms with Crippen LogP contribution < -0.4 is 14.8 Å². The molecule has 3 aromatic rings. The molecule has 8 nitrogen and oxygen atoms in total. The molecule has 3 rings (SSSR count). The number of hydrogen-bond acceptors (Lipinski definition) is 7. The van der Waals surface area contributed by atoms with Crippen molar-refractivity contribution in [1.82, 2.24) is 9.97 Å². The molecule has 36 heavy (non-hydrogen) atoms. The number of nitrogens with zero attached hydrogens (tertiary/aromatic N) is 3. The van der Waals surface area contributed by atoms with Crippen LogP contribution in [0.3, 0.4) is 0 Å². The molecule has 2 N–H and O–H groups in total. The van der Waals surface area contributed by atoms with Crippen LogP contribution in [-0.4, -0.2) is 34.5 Å². The molecule has 0 fully saturated rings. The number of nitrogens with one attached hydrogen (secondary N) is 1. The third-order valence-corrected chi connectivity index (χ3v) is 5.30. The lowest BCUT2D eigenvalue weighted by Crippen LogP contribution is -2.23. The number of halogens is 3. The molecule has 0 saturated carbocycles. The summed E-state index contributed by atoms with van der Waals surface area (Å²) in [5.41, 5.74) is 1.68. The number of carboxylic acid groups (broad SMARTS) is 1. The van der Waals surface area contributed by atoms with E-state index >= 15 is 0 Å². The lowest BCUT2D eigenvalue weighted by Gasteiger charge is -2.26. The van der Waals surface area contributed by atoms with Crippen molar-refractivity contribution in [3.05, 3.63) is 65.5 Å². The number of aliphatic carboxylic acids is 1. The van der Waals surface area contributed by atoms with E-state index in [0.29, 0.717) is 28.0 Å². The number of methoxy groups -OCH3 is 1. The molecule has 1 aromatic heterocycles. The molecule has 0 spiro atoms. The number of anilines is 1. The van der Waals surface area contributed by atoms with Gasteiger partial charge in [0.15, 0.2) is 0 Å². The van der Waals surface area contributed by atoms with Gasteiger partial charge in [-0.15, -0.1) is 13.2 Å². The Hall–Kier alpha value is -4.33. The molecule has 188 valence electrons. The minimum Gasteiger partial charge on any atom is -0.495 e. The molecule has 0 atom stereocenters. The summed E-state index contributed by atoms with van der Waals surface area (Å²) >= 11 is 0. The Kier molecular flexibility index (Phi) is 7.68. The first-order valence-corrected chi connectivity index (χ1v) is 10.7. The molecule has 0 bridgehead atoms. The average Bonchev–Trinajstić information content (AvgIpc) is 2.80. The van der Waals surface area contributed by atoms with Crippen molar-refractivity contribution < 1.29 is 32.5 Å². The maximum Gasteiger partial charge on any atom is 0.573 e. The highest BCUT2D eigenvalue weighted by Gasteiger charge is 2.31. The third kappa shape index (κ3) is 6.63. The number of carboxylic acids is 1. The number of alkyl halides is 3. The minimum atomic E-state index is -4.78. The maximum atomic E-state index is 12.4. The second-order valence-electron chi connectivity index (χ2n) is 8.51. The molecule has 0 aliphatic carbocycles. The molecular weight excluding hydrogens is 477 g/mol. The van der Waals surface area contributed by atoms with E-state index in [0.717, 1.165) is 0 Å². The summed E-state index contributed by atoms with van der Waals surface area (Å²) in [6.07, 6.45) is -1.91. The van der Waals surface area contributed by atoms with E-state index in [-0.39, 0.29) is 30.2 Å². The molecule has 1 heterocycles. The summed E-state index contributed by atoms with van der Waals surface area (Å²) in [5, 5.41) is 21.9. The van der Waals surface area contributed by atoms with E-state index in [4.69, 9.17) is 4.74 Å². The summed E-state index contributed by atoms with van der Waals surface area (Å²) in [7, 11) is 1.42. The number of rotatable bonds is 9. The Bertz CT molecular complexity index is 1290. The van der Waals surface area contributed by atoms with Crippen LogP contribution in [0.25, 0.3) is 11.1 Å². The quantitative estimate of drug-likeness (QED) is 0.407. The summed E-state index contributed by atoms with van der Waals surface area (Å²) in [5.74, 6) is -0.766. The van der Waals surface area contributed by atoms with Crippen molar-refractivity contribution in [2.24, 2.45) is 0 Å². The van der Waals surface area contributed by atoms with Crippen LogP contribution >= 0.6 is 0 Å². The van der Waals surface area contributed by atoms with Gasteiger partial charge in [-0.05, 0) is 35.4 Å². The number of benzene rings is 2. The molecule has 0 aliphatic heterocycles. The highest BCUT2D eigenvalue weighted by atomic mass is 19.4. The molecule has 11 heteroatoms. The van der Waals surface area contributed by atoms with Gasteiger partial charge in [0.05, 0.1) is 19.1 Å². The van der Waals surface area contributed by atoms with Crippen LogP contribution in [-0.2, 0) is 16.8 Å². The van der Waals surface area contributed by atoms with Gasteiger partial charge in [-0.25, -0.2) is 9.97 Å². The fraction of sp³-hybridized carbons (Fsp3) is 0.280. The molecule has 0 amide bonds. The number of carbonyl (C=O) groups is 1. The lowest BCUT2D eigenvalue weighted by atomic mass is 9.79. The van der Waals surface area contributed by atoms with Crippen LogP contribution in [0.15, 0.2) is 48.8 Å². The van der Waals surface area contributed by atoms with Crippen molar-refractivity contribution in [2.45, 2.75) is 38.6 Å². The molecule has 0 saturated heterocycles. The van der Waals surface area contributed by atoms with E-state index in [1.165, 1.54) is 37.7 Å². The van der Waals surface area contributed by atoms with Gasteiger partial charge in [0, 0.05) is 35.5 Å². The Morgan fingerprint density at radius 3 is 2.42 bits per heavy atom. The van der Waals surface area contributed by atoms with E-state index in [1.807, 2.05) is 0 Å². The number of hydrogen-bond donors (Lipinski definition) is 2. The predicted molar refractivity (Wildman–Crippen MR) is 124 cm³/mol. The van der Waals surface area contributed by atoms with Crippen molar-refractivity contribution in [1.29, 1.82) is 5.26 Å². The van der Waals surface area contributed by atoms with E-state index in [2.05, 4.69) is 26.1 Å². The van der Waals surface area contributed by atoms with Crippen molar-refractivity contribution in [3.63, 3.8) is 0 Å². The lowest BCUT2D eigenvalue weighted by molar-refractivity contribution is -0.274. The molecule has 0 aliphatic rings. The first-order chi connectivity index (χ1) is 16.9. The van der Waals surface area contributed by atoms with Crippen LogP contribution in [0.5, 0.6) is 11.5 Å². The monoisotopic (exact) mass is 500 g/mol. The normalized spacial score (nSPS) is 11.5. The Balaban J connectivity index is 1.83. The van der Waals surface area contributed by atoms with Gasteiger partial charge in [-0.3, -0.25) is 4.79 Å². The third-order valence-electron chi connectivity index (χ3n) is 5.30. The van der Waals surface area contributed by atoms with Gasteiger partial charge in [0.1, 0.15) is 17.6 Å². The first-order valence-electron chi connectivity index (χ1n) is 10.7. The zero-order valence-electron chi connectivity index (χ0n) is 19.7. The first kappa shape index (κ1) is 26.3. The molecule has 0 radical (unpaired) electrons. The highest BCUT2D eigenvalue weighted by Crippen LogP contribution is 2.39. The van der Waals surface area contributed by atoms with E-state index in [9.17, 15) is 28.3 Å². The van der Waals surface area contributed by atoms with Crippen molar-refractivity contribution >= 4 is 11.9 Å². The smallest absolute Gasteiger partial charge is 0.495 e. The minimum absolute atomic E-state index is 0.156. The van der Waals surface area contributed by atoms with Crippen LogP contribution in [0.2, 0.25) is 0 Å². The fourth-order valence-electron chi connectivity index (χ4n) is 3.68. The van der Waals surface area contributed by atoms with Crippen LogP contribution in [0.1, 0.15) is 37.0 Å². The predicted octanol–water partition coefficient (Wildman–Crippen LogP) is 5.29. The van der Waals surface area contributed by atoms with Gasteiger partial charge < -0.3 is 19.9 Å². The van der Waals surface area contributed by atoms with Gasteiger partial charge in [0.25, 0.3) is 0 Å². The molecular formula is C25H23F3N4O4. The maximum absolute atomic E-state index is 12.4. The Morgan fingerprint density at radius 2 is 1.83 bits per heavy atom. The van der Waals surface area contributed by atoms with Gasteiger partial charge >= 0.3 is 12.3 Å². The largest absolute Gasteiger partial charge is 0.573 e. The van der Waals surface area contributed by atoms with Crippen LogP contribution in [0, 0.1) is 11.3 Å². The van der Waals surface area contributed by atoms with Crippen LogP contribution in [0.4, 0.5) is 19.1 Å². The summed E-state index contributed by atoms with van der Waals surface area (Å²) in [6.45, 7) is 3.66. The fourth-order valence-corrected chi connectivity index (χ4v) is 3.68. The molecule has 0 unspecified atom stereocenters. The number of ether oxygens (including phenoxy) is 2. The summed E-state index contributed by atoms with van der Waals surface area (Å²) in [6, 6.07) is 11.0. The average molecular weight is 500 g/mol. The molecule has 2 aromatic carbocycles. The standard InChI is InChI=1S/C25H23F3N4O4/c1-24(2,10-21(33)34)20-9-16(8-17(11-29)22(20)35-3)18-13-31-23(32-14-18)30-12-15-5-4-6-19(7-15)36-25(26,27)28/h4-9,13-14H,10,12H2,1-3H3,(H,33,34)(H,30,31,32). The van der Waals surface area contributed by atoms with E-state index < -0.39 is 17.7 Å². The SMILES string of the molecule is COc1c(C#N)cc(-c2cnc(NCc3cccc(OC(F)(F)F)c3)nc2)cc1C(C)(C)CC(=O)O. The van der Waals surface area contributed by atoms with Gasteiger partial charge in [-0.1, -0.05) is 26.0 Å². The van der Waals surface area contributed by atoms with E-state index in [1.54, 1.807) is 32.0 Å². The number of nitriles is 1.